The summed E-state index contributed by atoms with van der Waals surface area (Å²) in [5.41, 5.74) is 1.49. The van der Waals surface area contributed by atoms with Crippen molar-refractivity contribution in [3.05, 3.63) is 76.2 Å². The number of nitrogens with zero attached hydrogens (tertiary/aromatic N) is 3. The van der Waals surface area contributed by atoms with Crippen molar-refractivity contribution >= 4 is 34.9 Å². The van der Waals surface area contributed by atoms with Crippen molar-refractivity contribution in [3.63, 3.8) is 0 Å². The van der Waals surface area contributed by atoms with Crippen LogP contribution in [0.5, 0.6) is 0 Å². The first-order valence-corrected chi connectivity index (χ1v) is 8.03. The minimum absolute atomic E-state index is 0.0889. The first-order valence-electron chi connectivity index (χ1n) is 7.28. The maximum absolute atomic E-state index is 12.2. The molecule has 0 saturated heterocycles. The molecule has 0 spiro atoms. The van der Waals surface area contributed by atoms with Crippen molar-refractivity contribution in [1.82, 2.24) is 14.8 Å². The second-order valence-electron chi connectivity index (χ2n) is 5.14. The van der Waals surface area contributed by atoms with Crippen molar-refractivity contribution in [2.24, 2.45) is 0 Å². The molecule has 0 aliphatic carbocycles. The molecule has 0 unspecified atom stereocenters. The Bertz CT molecular complexity index is 829. The Labute approximate surface area is 149 Å². The van der Waals surface area contributed by atoms with Crippen molar-refractivity contribution in [2.45, 2.75) is 13.0 Å². The lowest BCUT2D eigenvalue weighted by atomic mass is 10.1. The number of benzene rings is 1. The molecule has 1 amide bonds. The molecule has 0 aliphatic heterocycles. The number of pyridine rings is 1. The van der Waals surface area contributed by atoms with E-state index in [0.717, 1.165) is 5.69 Å². The van der Waals surface area contributed by atoms with E-state index >= 15 is 0 Å². The van der Waals surface area contributed by atoms with Gasteiger partial charge in [-0.3, -0.25) is 14.5 Å². The highest BCUT2D eigenvalue weighted by Gasteiger charge is 2.12. The highest BCUT2D eigenvalue weighted by Crippen LogP contribution is 2.24. The lowest BCUT2D eigenvalue weighted by Crippen LogP contribution is -2.15. The van der Waals surface area contributed by atoms with Gasteiger partial charge in [0.1, 0.15) is 0 Å². The van der Waals surface area contributed by atoms with E-state index in [1.807, 2.05) is 18.2 Å². The Morgan fingerprint density at radius 2 is 1.88 bits per heavy atom. The number of amides is 1. The van der Waals surface area contributed by atoms with Gasteiger partial charge in [0, 0.05) is 28.5 Å². The van der Waals surface area contributed by atoms with Gasteiger partial charge in [-0.05, 0) is 29.8 Å². The van der Waals surface area contributed by atoms with E-state index in [1.54, 1.807) is 41.3 Å². The first-order chi connectivity index (χ1) is 11.6. The van der Waals surface area contributed by atoms with E-state index in [1.165, 1.54) is 0 Å². The molecule has 1 aromatic carbocycles. The van der Waals surface area contributed by atoms with Gasteiger partial charge in [0.25, 0.3) is 0 Å². The summed E-state index contributed by atoms with van der Waals surface area (Å²) in [4.78, 5) is 16.4. The SMILES string of the molecule is O=C(Cc1c(Cl)cccc1Cl)Nc1ccn(Cc2ccccn2)n1. The van der Waals surface area contributed by atoms with Crippen molar-refractivity contribution in [1.29, 1.82) is 0 Å². The summed E-state index contributed by atoms with van der Waals surface area (Å²) in [6.07, 6.45) is 3.60. The van der Waals surface area contributed by atoms with Crippen LogP contribution in [0.3, 0.4) is 0 Å². The zero-order valence-corrected chi connectivity index (χ0v) is 14.1. The molecule has 122 valence electrons. The minimum atomic E-state index is -0.229. The second-order valence-corrected chi connectivity index (χ2v) is 5.96. The molecule has 5 nitrogen and oxygen atoms in total. The predicted molar refractivity (Wildman–Crippen MR) is 94.4 cm³/mol. The van der Waals surface area contributed by atoms with E-state index in [2.05, 4.69) is 15.4 Å². The maximum Gasteiger partial charge on any atom is 0.230 e. The number of rotatable bonds is 5. The van der Waals surface area contributed by atoms with E-state index < -0.39 is 0 Å². The first kappa shape index (κ1) is 16.5. The number of carbonyl (C=O) groups is 1. The Balaban J connectivity index is 1.63. The molecule has 0 bridgehead atoms. The van der Waals surface area contributed by atoms with Gasteiger partial charge in [0.2, 0.25) is 5.91 Å². The van der Waals surface area contributed by atoms with Gasteiger partial charge in [-0.1, -0.05) is 35.3 Å². The van der Waals surface area contributed by atoms with E-state index in [-0.39, 0.29) is 12.3 Å². The van der Waals surface area contributed by atoms with Gasteiger partial charge < -0.3 is 5.32 Å². The van der Waals surface area contributed by atoms with Gasteiger partial charge >= 0.3 is 0 Å². The highest BCUT2D eigenvalue weighted by molar-refractivity contribution is 6.36. The number of nitrogens with one attached hydrogen (secondary N) is 1. The van der Waals surface area contributed by atoms with Gasteiger partial charge in [-0.15, -0.1) is 0 Å². The Morgan fingerprint density at radius 1 is 1.08 bits per heavy atom. The van der Waals surface area contributed by atoms with Crippen LogP contribution in [0.2, 0.25) is 10.0 Å². The number of aromatic nitrogens is 3. The molecular formula is C17H14Cl2N4O. The summed E-state index contributed by atoms with van der Waals surface area (Å²) in [5, 5.41) is 7.99. The van der Waals surface area contributed by atoms with Gasteiger partial charge in [-0.2, -0.15) is 5.10 Å². The molecule has 0 atom stereocenters. The zero-order chi connectivity index (χ0) is 16.9. The van der Waals surface area contributed by atoms with Crippen LogP contribution in [-0.2, 0) is 17.8 Å². The van der Waals surface area contributed by atoms with E-state index in [4.69, 9.17) is 23.2 Å². The number of hydrogen-bond donors (Lipinski definition) is 1. The van der Waals surface area contributed by atoms with Crippen LogP contribution >= 0.6 is 23.2 Å². The van der Waals surface area contributed by atoms with Crippen LogP contribution in [0.1, 0.15) is 11.3 Å². The minimum Gasteiger partial charge on any atom is -0.309 e. The fourth-order valence-electron chi connectivity index (χ4n) is 2.22. The molecule has 7 heteroatoms. The molecule has 24 heavy (non-hydrogen) atoms. The number of halogens is 2. The third kappa shape index (κ3) is 4.13. The average molecular weight is 361 g/mol. The summed E-state index contributed by atoms with van der Waals surface area (Å²) in [6, 6.07) is 12.6. The van der Waals surface area contributed by atoms with Crippen molar-refractivity contribution in [3.8, 4) is 0 Å². The quantitative estimate of drug-likeness (QED) is 0.752. The molecule has 1 N–H and O–H groups in total. The molecular weight excluding hydrogens is 347 g/mol. The molecule has 0 saturated carbocycles. The van der Waals surface area contributed by atoms with E-state index in [9.17, 15) is 4.79 Å². The maximum atomic E-state index is 12.2. The third-order valence-corrected chi connectivity index (χ3v) is 4.07. The van der Waals surface area contributed by atoms with E-state index in [0.29, 0.717) is 28.0 Å². The fourth-order valence-corrected chi connectivity index (χ4v) is 2.75. The largest absolute Gasteiger partial charge is 0.309 e. The number of anilines is 1. The fraction of sp³-hybridized carbons (Fsp3) is 0.118. The summed E-state index contributed by atoms with van der Waals surface area (Å²) in [6.45, 7) is 0.535. The van der Waals surface area contributed by atoms with Crippen LogP contribution in [0, 0.1) is 0 Å². The number of hydrogen-bond acceptors (Lipinski definition) is 3. The standard InChI is InChI=1S/C17H14Cl2N4O/c18-14-5-3-6-15(19)13(14)10-17(24)21-16-7-9-23(22-16)11-12-4-1-2-8-20-12/h1-9H,10-11H2,(H,21,22,24). The summed E-state index contributed by atoms with van der Waals surface area (Å²) < 4.78 is 1.71. The highest BCUT2D eigenvalue weighted by atomic mass is 35.5. The van der Waals surface area contributed by atoms with Crippen LogP contribution in [0.15, 0.2) is 54.9 Å². The normalized spacial score (nSPS) is 10.6. The van der Waals surface area contributed by atoms with Gasteiger partial charge in [0.05, 0.1) is 18.7 Å². The van der Waals surface area contributed by atoms with Crippen LogP contribution < -0.4 is 5.32 Å². The molecule has 2 aromatic heterocycles. The van der Waals surface area contributed by atoms with Crippen LogP contribution in [0.25, 0.3) is 0 Å². The zero-order valence-electron chi connectivity index (χ0n) is 12.6. The monoisotopic (exact) mass is 360 g/mol. The third-order valence-electron chi connectivity index (χ3n) is 3.36. The molecule has 0 fully saturated rings. The number of carbonyl (C=O) groups excluding carboxylic acids is 1. The lowest BCUT2D eigenvalue weighted by Gasteiger charge is -2.06. The predicted octanol–water partition coefficient (Wildman–Crippen LogP) is 3.81. The molecule has 3 aromatic rings. The Morgan fingerprint density at radius 3 is 2.58 bits per heavy atom. The van der Waals surface area contributed by atoms with Crippen molar-refractivity contribution in [2.75, 3.05) is 5.32 Å². The molecule has 3 rings (SSSR count). The topological polar surface area (TPSA) is 59.8 Å². The lowest BCUT2D eigenvalue weighted by molar-refractivity contribution is -0.115. The molecule has 2 heterocycles. The van der Waals surface area contributed by atoms with Crippen LogP contribution in [0.4, 0.5) is 5.82 Å². The summed E-state index contributed by atoms with van der Waals surface area (Å²) >= 11 is 12.2. The van der Waals surface area contributed by atoms with Gasteiger partial charge in [-0.25, -0.2) is 0 Å². The average Bonchev–Trinajstić information content (AvgIpc) is 2.99. The second kappa shape index (κ2) is 7.47. The molecule has 0 radical (unpaired) electrons. The molecule has 0 aliphatic rings. The Kier molecular flexibility index (Phi) is 5.13. The van der Waals surface area contributed by atoms with Gasteiger partial charge in [0.15, 0.2) is 5.82 Å². The van der Waals surface area contributed by atoms with Crippen molar-refractivity contribution < 1.29 is 4.79 Å². The summed E-state index contributed by atoms with van der Waals surface area (Å²) in [5.74, 6) is 0.243. The smallest absolute Gasteiger partial charge is 0.230 e. The van der Waals surface area contributed by atoms with Crippen LogP contribution in [-0.4, -0.2) is 20.7 Å². The Hall–Kier alpha value is -2.37. The summed E-state index contributed by atoms with van der Waals surface area (Å²) in [7, 11) is 0.